The lowest BCUT2D eigenvalue weighted by Crippen LogP contribution is -2.40. The minimum Gasteiger partial charge on any atom is -0.459 e. The first-order chi connectivity index (χ1) is 20.4. The summed E-state index contributed by atoms with van der Waals surface area (Å²) in [6, 6.07) is 16.9. The summed E-state index contributed by atoms with van der Waals surface area (Å²) in [5.74, 6) is -0.579. The van der Waals surface area contributed by atoms with Gasteiger partial charge >= 0.3 is 0 Å². The predicted octanol–water partition coefficient (Wildman–Crippen LogP) is 4.32. The number of aliphatic hydroxyl groups excluding tert-OH is 1. The van der Waals surface area contributed by atoms with Gasteiger partial charge in [-0.2, -0.15) is 0 Å². The molecule has 1 atom stereocenters. The minimum absolute atomic E-state index is 0.0138. The molecule has 1 unspecified atom stereocenters. The predicted molar refractivity (Wildman–Crippen MR) is 162 cm³/mol. The molecular formula is C33H38N4O5. The molecule has 220 valence electrons. The number of nitrogens with one attached hydrogen (secondary N) is 2. The first-order valence-electron chi connectivity index (χ1n) is 14.6. The van der Waals surface area contributed by atoms with Crippen LogP contribution in [0.4, 0.5) is 11.4 Å². The molecule has 3 heterocycles. The van der Waals surface area contributed by atoms with Gasteiger partial charge in [-0.05, 0) is 74.1 Å². The van der Waals surface area contributed by atoms with Crippen LogP contribution >= 0.6 is 0 Å². The SMILES string of the molecule is Cc1ccccc1CC1=CCCN(c2ccc(C(=O)NCC(O)CN3CCCC3=O)cc2NC(=O)c2ccco2)CC1. The molecule has 5 rings (SSSR count). The lowest BCUT2D eigenvalue weighted by Gasteiger charge is -2.26. The summed E-state index contributed by atoms with van der Waals surface area (Å²) in [6.45, 7) is 4.52. The van der Waals surface area contributed by atoms with E-state index in [1.54, 1.807) is 29.2 Å². The molecule has 42 heavy (non-hydrogen) atoms. The number of furan rings is 1. The highest BCUT2D eigenvalue weighted by Gasteiger charge is 2.24. The molecule has 0 spiro atoms. The van der Waals surface area contributed by atoms with Gasteiger partial charge < -0.3 is 30.0 Å². The molecule has 3 N–H and O–H groups in total. The van der Waals surface area contributed by atoms with Crippen LogP contribution in [0.1, 0.15) is 57.7 Å². The number of carbonyl (C=O) groups excluding carboxylic acids is 3. The van der Waals surface area contributed by atoms with Crippen LogP contribution in [-0.4, -0.2) is 66.6 Å². The van der Waals surface area contributed by atoms with Crippen molar-refractivity contribution >= 4 is 29.1 Å². The number of aryl methyl sites for hydroxylation is 1. The molecule has 3 amide bonds. The van der Waals surface area contributed by atoms with Crippen LogP contribution in [0.5, 0.6) is 0 Å². The van der Waals surface area contributed by atoms with E-state index >= 15 is 0 Å². The van der Waals surface area contributed by atoms with E-state index in [1.807, 2.05) is 6.07 Å². The van der Waals surface area contributed by atoms with Gasteiger partial charge in [0.25, 0.3) is 11.8 Å². The Labute approximate surface area is 246 Å². The average Bonchev–Trinajstić information content (AvgIpc) is 3.61. The molecule has 9 heteroatoms. The van der Waals surface area contributed by atoms with Crippen LogP contribution in [-0.2, 0) is 11.2 Å². The number of aliphatic hydroxyl groups is 1. The van der Waals surface area contributed by atoms with Gasteiger partial charge in [0.05, 0.1) is 23.7 Å². The third kappa shape index (κ3) is 7.28. The van der Waals surface area contributed by atoms with Crippen LogP contribution in [0, 0.1) is 6.92 Å². The van der Waals surface area contributed by atoms with Crippen LogP contribution < -0.4 is 15.5 Å². The normalized spacial score (nSPS) is 16.1. The van der Waals surface area contributed by atoms with E-state index in [9.17, 15) is 19.5 Å². The fraction of sp³-hybridized carbons (Fsp3) is 0.364. The Bertz CT molecular complexity index is 1450. The van der Waals surface area contributed by atoms with Gasteiger partial charge in [0.15, 0.2) is 5.76 Å². The van der Waals surface area contributed by atoms with E-state index < -0.39 is 12.0 Å². The minimum atomic E-state index is -0.869. The zero-order valence-corrected chi connectivity index (χ0v) is 24.0. The molecule has 0 aliphatic carbocycles. The summed E-state index contributed by atoms with van der Waals surface area (Å²) >= 11 is 0. The molecule has 9 nitrogen and oxygen atoms in total. The van der Waals surface area contributed by atoms with Gasteiger partial charge in [-0.1, -0.05) is 35.9 Å². The third-order valence-corrected chi connectivity index (χ3v) is 7.91. The molecule has 3 aromatic rings. The Kier molecular flexibility index (Phi) is 9.38. The maximum Gasteiger partial charge on any atom is 0.291 e. The Hall–Kier alpha value is -4.37. The van der Waals surface area contributed by atoms with E-state index in [-0.39, 0.29) is 30.7 Å². The summed E-state index contributed by atoms with van der Waals surface area (Å²) in [4.78, 5) is 41.7. The maximum atomic E-state index is 13.0. The number of anilines is 2. The number of benzene rings is 2. The molecule has 0 saturated carbocycles. The van der Waals surface area contributed by atoms with Crippen molar-refractivity contribution in [3.05, 3.63) is 95.0 Å². The zero-order valence-electron chi connectivity index (χ0n) is 24.0. The summed E-state index contributed by atoms with van der Waals surface area (Å²) in [5.41, 5.74) is 5.69. The average molecular weight is 571 g/mol. The highest BCUT2D eigenvalue weighted by atomic mass is 16.3. The molecular weight excluding hydrogens is 532 g/mol. The second-order valence-corrected chi connectivity index (χ2v) is 11.0. The van der Waals surface area contributed by atoms with Crippen molar-refractivity contribution < 1.29 is 23.9 Å². The fourth-order valence-electron chi connectivity index (χ4n) is 5.54. The number of hydrogen-bond acceptors (Lipinski definition) is 6. The zero-order chi connectivity index (χ0) is 29.5. The number of nitrogens with zero attached hydrogens (tertiary/aromatic N) is 2. The van der Waals surface area contributed by atoms with E-state index in [2.05, 4.69) is 52.8 Å². The summed E-state index contributed by atoms with van der Waals surface area (Å²) in [7, 11) is 0. The highest BCUT2D eigenvalue weighted by Crippen LogP contribution is 2.31. The number of carbonyl (C=O) groups is 3. The number of rotatable bonds is 10. The van der Waals surface area contributed by atoms with Crippen molar-refractivity contribution in [2.45, 2.75) is 45.1 Å². The Morgan fingerprint density at radius 2 is 1.88 bits per heavy atom. The molecule has 1 saturated heterocycles. The summed E-state index contributed by atoms with van der Waals surface area (Å²) in [5, 5.41) is 16.1. The molecule has 2 aromatic carbocycles. The molecule has 0 bridgehead atoms. The molecule has 1 aromatic heterocycles. The standard InChI is InChI=1S/C33H38N4O5/c1-23-7-2-3-9-25(23)19-24-8-4-15-36(17-14-24)29-13-12-26(20-28(29)35-33(41)30-10-6-18-42-30)32(40)34-21-27(38)22-37-16-5-11-31(37)39/h2-3,6-10,12-13,18,20,27,38H,4-5,11,14-17,19,21-22H2,1H3,(H,34,40)(H,35,41). The summed E-state index contributed by atoms with van der Waals surface area (Å²) < 4.78 is 5.29. The Balaban J connectivity index is 1.28. The fourth-order valence-corrected chi connectivity index (χ4v) is 5.54. The van der Waals surface area contributed by atoms with Crippen molar-refractivity contribution in [1.82, 2.24) is 10.2 Å². The van der Waals surface area contributed by atoms with Crippen LogP contribution in [0.25, 0.3) is 0 Å². The molecule has 2 aliphatic heterocycles. The van der Waals surface area contributed by atoms with Crippen LogP contribution in [0.15, 0.2) is 76.9 Å². The van der Waals surface area contributed by atoms with Crippen molar-refractivity contribution in [3.63, 3.8) is 0 Å². The van der Waals surface area contributed by atoms with Crippen LogP contribution in [0.3, 0.4) is 0 Å². The quantitative estimate of drug-likeness (QED) is 0.313. The maximum absolute atomic E-state index is 13.0. The second-order valence-electron chi connectivity index (χ2n) is 11.0. The largest absolute Gasteiger partial charge is 0.459 e. The molecule has 0 radical (unpaired) electrons. The number of likely N-dealkylation sites (tertiary alicyclic amines) is 1. The van der Waals surface area contributed by atoms with Gasteiger partial charge in [-0.15, -0.1) is 0 Å². The van der Waals surface area contributed by atoms with Crippen molar-refractivity contribution in [1.29, 1.82) is 0 Å². The van der Waals surface area contributed by atoms with Gasteiger partial charge in [0, 0.05) is 44.7 Å². The number of amides is 3. The van der Waals surface area contributed by atoms with Gasteiger partial charge in [-0.3, -0.25) is 14.4 Å². The van der Waals surface area contributed by atoms with E-state index in [0.29, 0.717) is 24.2 Å². The topological polar surface area (TPSA) is 115 Å². The second kappa shape index (κ2) is 13.5. The third-order valence-electron chi connectivity index (χ3n) is 7.91. The first kappa shape index (κ1) is 29.1. The van der Waals surface area contributed by atoms with Gasteiger partial charge in [0.1, 0.15) is 0 Å². The van der Waals surface area contributed by atoms with Crippen LogP contribution in [0.2, 0.25) is 0 Å². The number of β-amino-alcohol motifs (C(OH)–C–C–N with tert-alkyl or cyclic N) is 1. The van der Waals surface area contributed by atoms with Crippen molar-refractivity contribution in [2.24, 2.45) is 0 Å². The number of hydrogen-bond donors (Lipinski definition) is 3. The van der Waals surface area contributed by atoms with Crippen molar-refractivity contribution in [2.75, 3.05) is 42.9 Å². The molecule has 2 aliphatic rings. The van der Waals surface area contributed by atoms with E-state index in [4.69, 9.17) is 4.42 Å². The lowest BCUT2D eigenvalue weighted by molar-refractivity contribution is -0.128. The van der Waals surface area contributed by atoms with Crippen molar-refractivity contribution in [3.8, 4) is 0 Å². The lowest BCUT2D eigenvalue weighted by atomic mass is 9.98. The first-order valence-corrected chi connectivity index (χ1v) is 14.6. The van der Waals surface area contributed by atoms with Gasteiger partial charge in [-0.25, -0.2) is 0 Å². The summed E-state index contributed by atoms with van der Waals surface area (Å²) in [6.07, 6.45) is 6.85. The smallest absolute Gasteiger partial charge is 0.291 e. The van der Waals surface area contributed by atoms with Gasteiger partial charge in [0.2, 0.25) is 5.91 Å². The van der Waals surface area contributed by atoms with E-state index in [0.717, 1.165) is 44.5 Å². The Morgan fingerprint density at radius 1 is 1.02 bits per heavy atom. The monoisotopic (exact) mass is 570 g/mol. The highest BCUT2D eigenvalue weighted by molar-refractivity contribution is 6.05. The Morgan fingerprint density at radius 3 is 2.64 bits per heavy atom. The van der Waals surface area contributed by atoms with E-state index in [1.165, 1.54) is 23.0 Å². The molecule has 1 fully saturated rings.